The minimum atomic E-state index is -0.514. The summed E-state index contributed by atoms with van der Waals surface area (Å²) in [5.41, 5.74) is 3.65. The Bertz CT molecular complexity index is 1100. The lowest BCUT2D eigenvalue weighted by Crippen LogP contribution is -2.07. The van der Waals surface area contributed by atoms with Gasteiger partial charge in [0.2, 0.25) is 0 Å². The van der Waals surface area contributed by atoms with E-state index in [0.717, 1.165) is 28.5 Å². The number of nitrogens with one attached hydrogen (secondary N) is 1. The average molecular weight is 431 g/mol. The highest BCUT2D eigenvalue weighted by molar-refractivity contribution is 6.31. The van der Waals surface area contributed by atoms with Gasteiger partial charge in [0.1, 0.15) is 0 Å². The second-order valence-electron chi connectivity index (χ2n) is 6.31. The average Bonchev–Trinajstić information content (AvgIpc) is 2.73. The smallest absolute Gasteiger partial charge is 0.340 e. The predicted octanol–water partition coefficient (Wildman–Crippen LogP) is 5.86. The fourth-order valence-electron chi connectivity index (χ4n) is 3.09. The summed E-state index contributed by atoms with van der Waals surface area (Å²) in [6, 6.07) is 10.3. The first kappa shape index (κ1) is 21.1. The van der Waals surface area contributed by atoms with Crippen LogP contribution in [0.2, 0.25) is 10.0 Å². The fraction of sp³-hybridized carbons (Fsp3) is 0.182. The highest BCUT2D eigenvalue weighted by Gasteiger charge is 2.17. The molecule has 0 aliphatic rings. The van der Waals surface area contributed by atoms with Gasteiger partial charge in [-0.1, -0.05) is 36.2 Å². The number of aromatic nitrogens is 1. The van der Waals surface area contributed by atoms with Gasteiger partial charge in [-0.25, -0.2) is 4.79 Å². The van der Waals surface area contributed by atoms with Gasteiger partial charge in [-0.15, -0.1) is 0 Å². The van der Waals surface area contributed by atoms with Gasteiger partial charge in [0, 0.05) is 27.2 Å². The molecule has 1 aromatic heterocycles. The Morgan fingerprint density at radius 2 is 1.90 bits per heavy atom. The molecule has 5 nitrogen and oxygen atoms in total. The van der Waals surface area contributed by atoms with Gasteiger partial charge in [0.25, 0.3) is 0 Å². The molecule has 29 heavy (non-hydrogen) atoms. The molecule has 0 saturated carbocycles. The van der Waals surface area contributed by atoms with E-state index in [0.29, 0.717) is 27.0 Å². The molecular formula is C22H20Cl2N2O3. The van der Waals surface area contributed by atoms with Crippen molar-refractivity contribution in [3.63, 3.8) is 0 Å². The standard InChI is InChI=1S/C22H20Cl2N2O3/c1-3-4-13(12-27)18-11-25-19-7-5-14(23)9-16(19)21(18)26-20-8-6-15(24)10-17(20)22(28)29-2/h4-11,27H,3,12H2,1-2H3,(H,25,26)/b13-4+. The number of ether oxygens (including phenoxy) is 1. The maximum Gasteiger partial charge on any atom is 0.340 e. The van der Waals surface area contributed by atoms with Gasteiger partial charge in [-0.05, 0) is 48.4 Å². The van der Waals surface area contributed by atoms with Crippen LogP contribution in [0.3, 0.4) is 0 Å². The topological polar surface area (TPSA) is 71.5 Å². The van der Waals surface area contributed by atoms with Gasteiger partial charge in [-0.2, -0.15) is 0 Å². The Labute approximate surface area is 178 Å². The number of pyridine rings is 1. The maximum absolute atomic E-state index is 12.3. The van der Waals surface area contributed by atoms with E-state index in [4.69, 9.17) is 27.9 Å². The molecule has 150 valence electrons. The molecule has 0 bridgehead atoms. The van der Waals surface area contributed by atoms with Crippen molar-refractivity contribution in [3.8, 4) is 0 Å². The summed E-state index contributed by atoms with van der Waals surface area (Å²) >= 11 is 12.3. The molecule has 0 radical (unpaired) electrons. The van der Waals surface area contributed by atoms with E-state index in [1.165, 1.54) is 7.11 Å². The molecular weight excluding hydrogens is 411 g/mol. The number of methoxy groups -OCH3 is 1. The molecule has 0 aliphatic heterocycles. The number of benzene rings is 2. The molecule has 7 heteroatoms. The van der Waals surface area contributed by atoms with Crippen molar-refractivity contribution in [2.75, 3.05) is 19.0 Å². The van der Waals surface area contributed by atoms with Crippen molar-refractivity contribution in [1.82, 2.24) is 4.98 Å². The van der Waals surface area contributed by atoms with Crippen molar-refractivity contribution in [3.05, 3.63) is 69.8 Å². The number of anilines is 2. The Balaban J connectivity index is 2.26. The highest BCUT2D eigenvalue weighted by atomic mass is 35.5. The first-order valence-corrected chi connectivity index (χ1v) is 9.77. The Morgan fingerprint density at radius 3 is 2.59 bits per heavy atom. The number of carbonyl (C=O) groups excluding carboxylic acids is 1. The number of aliphatic hydroxyl groups excluding tert-OH is 1. The summed E-state index contributed by atoms with van der Waals surface area (Å²) in [6.07, 6.45) is 4.38. The molecule has 0 saturated heterocycles. The molecule has 0 fully saturated rings. The van der Waals surface area contributed by atoms with Gasteiger partial charge in [0.15, 0.2) is 0 Å². The van der Waals surface area contributed by atoms with Crippen LogP contribution < -0.4 is 5.32 Å². The van der Waals surface area contributed by atoms with E-state index >= 15 is 0 Å². The van der Waals surface area contributed by atoms with E-state index in [9.17, 15) is 9.90 Å². The van der Waals surface area contributed by atoms with E-state index in [1.807, 2.05) is 19.1 Å². The number of hydrogen-bond acceptors (Lipinski definition) is 5. The fourth-order valence-corrected chi connectivity index (χ4v) is 3.43. The highest BCUT2D eigenvalue weighted by Crippen LogP contribution is 2.36. The number of aliphatic hydroxyl groups is 1. The summed E-state index contributed by atoms with van der Waals surface area (Å²) in [5.74, 6) is -0.514. The molecule has 2 N–H and O–H groups in total. The molecule has 3 rings (SSSR count). The number of carbonyl (C=O) groups is 1. The second-order valence-corrected chi connectivity index (χ2v) is 7.18. The summed E-state index contributed by atoms with van der Waals surface area (Å²) in [7, 11) is 1.31. The number of allylic oxidation sites excluding steroid dienone is 1. The Kier molecular flexibility index (Phi) is 6.75. The molecule has 0 spiro atoms. The van der Waals surface area contributed by atoms with Crippen molar-refractivity contribution < 1.29 is 14.6 Å². The van der Waals surface area contributed by atoms with Gasteiger partial charge in [0.05, 0.1) is 36.2 Å². The molecule has 1 heterocycles. The number of hydrogen-bond donors (Lipinski definition) is 2. The van der Waals surface area contributed by atoms with E-state index in [-0.39, 0.29) is 6.61 Å². The maximum atomic E-state index is 12.3. The summed E-state index contributed by atoms with van der Waals surface area (Å²) in [4.78, 5) is 16.8. The van der Waals surface area contributed by atoms with Crippen LogP contribution in [0.15, 0.2) is 48.7 Å². The van der Waals surface area contributed by atoms with Crippen molar-refractivity contribution in [1.29, 1.82) is 0 Å². The zero-order valence-electron chi connectivity index (χ0n) is 16.0. The van der Waals surface area contributed by atoms with Crippen LogP contribution >= 0.6 is 23.2 Å². The zero-order chi connectivity index (χ0) is 21.0. The minimum absolute atomic E-state index is 0.152. The van der Waals surface area contributed by atoms with E-state index < -0.39 is 5.97 Å². The van der Waals surface area contributed by atoms with Crippen LogP contribution in [0.5, 0.6) is 0 Å². The van der Waals surface area contributed by atoms with Gasteiger partial charge >= 0.3 is 5.97 Å². The summed E-state index contributed by atoms with van der Waals surface area (Å²) in [6.45, 7) is 1.84. The summed E-state index contributed by atoms with van der Waals surface area (Å²) in [5, 5.41) is 14.9. The van der Waals surface area contributed by atoms with E-state index in [1.54, 1.807) is 36.5 Å². The van der Waals surface area contributed by atoms with Crippen LogP contribution in [0.1, 0.15) is 29.3 Å². The van der Waals surface area contributed by atoms with Crippen LogP contribution in [0, 0.1) is 0 Å². The molecule has 3 aromatic rings. The predicted molar refractivity (Wildman–Crippen MR) is 118 cm³/mol. The number of esters is 1. The Morgan fingerprint density at radius 1 is 1.17 bits per heavy atom. The Hall–Kier alpha value is -2.60. The second kappa shape index (κ2) is 9.27. The van der Waals surface area contributed by atoms with Crippen LogP contribution in [-0.2, 0) is 4.74 Å². The number of fused-ring (bicyclic) bond motifs is 1. The summed E-state index contributed by atoms with van der Waals surface area (Å²) < 4.78 is 4.89. The lowest BCUT2D eigenvalue weighted by molar-refractivity contribution is 0.0602. The zero-order valence-corrected chi connectivity index (χ0v) is 17.5. The third kappa shape index (κ3) is 4.53. The molecule has 0 aliphatic carbocycles. The third-order valence-corrected chi connectivity index (χ3v) is 4.91. The van der Waals surface area contributed by atoms with Crippen molar-refractivity contribution >= 4 is 57.0 Å². The third-order valence-electron chi connectivity index (χ3n) is 4.44. The van der Waals surface area contributed by atoms with Crippen LogP contribution in [-0.4, -0.2) is 29.8 Å². The monoisotopic (exact) mass is 430 g/mol. The minimum Gasteiger partial charge on any atom is -0.465 e. The van der Waals surface area contributed by atoms with Crippen molar-refractivity contribution in [2.45, 2.75) is 13.3 Å². The first-order valence-electron chi connectivity index (χ1n) is 9.01. The molecule has 0 unspecified atom stereocenters. The molecule has 0 atom stereocenters. The van der Waals surface area contributed by atoms with E-state index in [2.05, 4.69) is 10.3 Å². The number of nitrogens with zero attached hydrogens (tertiary/aromatic N) is 1. The lowest BCUT2D eigenvalue weighted by atomic mass is 10.0. The van der Waals surface area contributed by atoms with Crippen LogP contribution in [0.25, 0.3) is 16.5 Å². The lowest BCUT2D eigenvalue weighted by Gasteiger charge is -2.18. The van der Waals surface area contributed by atoms with Crippen molar-refractivity contribution in [2.24, 2.45) is 0 Å². The number of rotatable bonds is 6. The molecule has 0 amide bonds. The number of halogens is 2. The van der Waals surface area contributed by atoms with Gasteiger partial charge < -0.3 is 15.2 Å². The SMILES string of the molecule is CC/C=C(\CO)c1cnc2ccc(Cl)cc2c1Nc1ccc(Cl)cc1C(=O)OC. The first-order chi connectivity index (χ1) is 14.0. The molecule has 2 aromatic carbocycles. The van der Waals surface area contributed by atoms with Crippen LogP contribution in [0.4, 0.5) is 11.4 Å². The van der Waals surface area contributed by atoms with Gasteiger partial charge in [-0.3, -0.25) is 4.98 Å². The normalized spacial score (nSPS) is 11.6. The quantitative estimate of drug-likeness (QED) is 0.479. The largest absolute Gasteiger partial charge is 0.465 e.